The highest BCUT2D eigenvalue weighted by molar-refractivity contribution is 5.82. The Morgan fingerprint density at radius 2 is 1.34 bits per heavy atom. The van der Waals surface area contributed by atoms with Crippen LogP contribution in [-0.4, -0.2) is 34.6 Å². The summed E-state index contributed by atoms with van der Waals surface area (Å²) >= 11 is 0. The van der Waals surface area contributed by atoms with Crippen LogP contribution in [0.25, 0.3) is 0 Å². The van der Waals surface area contributed by atoms with Crippen molar-refractivity contribution in [2.45, 2.75) is 18.0 Å². The van der Waals surface area contributed by atoms with Crippen LogP contribution < -0.4 is 10.6 Å². The molecule has 0 saturated carbocycles. The summed E-state index contributed by atoms with van der Waals surface area (Å²) in [6.07, 6.45) is 4.52. The van der Waals surface area contributed by atoms with Crippen LogP contribution in [0, 0.1) is 0 Å². The molecular formula is C27H26N4O. The first-order valence-electron chi connectivity index (χ1n) is 11.0. The first kappa shape index (κ1) is 20.2. The van der Waals surface area contributed by atoms with E-state index in [1.165, 1.54) is 0 Å². The maximum Gasteiger partial charge on any atom is 0.237 e. The van der Waals surface area contributed by atoms with Crippen LogP contribution >= 0.6 is 0 Å². The minimum atomic E-state index is -0.586. The molecule has 2 N–H and O–H groups in total. The highest BCUT2D eigenvalue weighted by Crippen LogP contribution is 2.40. The number of hydrogen-bond donors (Lipinski definition) is 2. The van der Waals surface area contributed by atoms with Gasteiger partial charge in [0, 0.05) is 25.7 Å². The van der Waals surface area contributed by atoms with Crippen LogP contribution in [0.5, 0.6) is 0 Å². The van der Waals surface area contributed by atoms with E-state index in [1.54, 1.807) is 0 Å². The van der Waals surface area contributed by atoms with Crippen molar-refractivity contribution in [1.29, 1.82) is 0 Å². The number of benzene rings is 3. The molecular weight excluding hydrogens is 396 g/mol. The minimum absolute atomic E-state index is 0.0336. The smallest absolute Gasteiger partial charge is 0.237 e. The number of piperazine rings is 1. The zero-order valence-corrected chi connectivity index (χ0v) is 17.8. The number of nitrogens with one attached hydrogen (secondary N) is 2. The van der Waals surface area contributed by atoms with Crippen molar-refractivity contribution in [2.75, 3.05) is 13.1 Å². The summed E-state index contributed by atoms with van der Waals surface area (Å²) < 4.78 is 2.18. The molecule has 3 aromatic carbocycles. The number of nitrogens with zero attached hydrogens (tertiary/aromatic N) is 2. The van der Waals surface area contributed by atoms with E-state index >= 15 is 0 Å². The second-order valence-corrected chi connectivity index (χ2v) is 8.08. The SMILES string of the molecule is O=C1NCCNC1Cc1cn(C(c2ccccc2)(c2ccccc2)c2ccccc2)cn1. The van der Waals surface area contributed by atoms with E-state index < -0.39 is 5.54 Å². The summed E-state index contributed by atoms with van der Waals surface area (Å²) in [7, 11) is 0. The van der Waals surface area contributed by atoms with Crippen molar-refractivity contribution in [3.63, 3.8) is 0 Å². The fourth-order valence-corrected chi connectivity index (χ4v) is 4.66. The average Bonchev–Trinajstić information content (AvgIpc) is 3.32. The number of carbonyl (C=O) groups excluding carboxylic acids is 1. The first-order valence-corrected chi connectivity index (χ1v) is 11.0. The Labute approximate surface area is 188 Å². The van der Waals surface area contributed by atoms with Crippen LogP contribution in [0.4, 0.5) is 0 Å². The molecule has 1 saturated heterocycles. The van der Waals surface area contributed by atoms with Crippen LogP contribution in [0.15, 0.2) is 104 Å². The van der Waals surface area contributed by atoms with Gasteiger partial charge < -0.3 is 15.2 Å². The molecule has 1 fully saturated rings. The highest BCUT2D eigenvalue weighted by Gasteiger charge is 2.38. The molecule has 0 bridgehead atoms. The lowest BCUT2D eigenvalue weighted by molar-refractivity contribution is -0.124. The largest absolute Gasteiger partial charge is 0.353 e. The second-order valence-electron chi connectivity index (χ2n) is 8.08. The number of aromatic nitrogens is 2. The van der Waals surface area contributed by atoms with E-state index in [0.29, 0.717) is 13.0 Å². The number of rotatable bonds is 6. The summed E-state index contributed by atoms with van der Waals surface area (Å²) in [5.74, 6) is 0.0336. The minimum Gasteiger partial charge on any atom is -0.353 e. The summed E-state index contributed by atoms with van der Waals surface area (Å²) in [4.78, 5) is 17.0. The van der Waals surface area contributed by atoms with Gasteiger partial charge in [-0.3, -0.25) is 4.79 Å². The van der Waals surface area contributed by atoms with Crippen molar-refractivity contribution in [3.8, 4) is 0 Å². The zero-order chi connectivity index (χ0) is 21.8. The number of amides is 1. The Balaban J connectivity index is 1.67. The number of carbonyl (C=O) groups is 1. The molecule has 1 amide bonds. The molecule has 1 aromatic heterocycles. The Hall–Kier alpha value is -3.70. The van der Waals surface area contributed by atoms with E-state index in [1.807, 2.05) is 24.5 Å². The van der Waals surface area contributed by atoms with E-state index in [9.17, 15) is 4.79 Å². The van der Waals surface area contributed by atoms with Gasteiger partial charge in [0.1, 0.15) is 5.54 Å². The molecule has 1 aliphatic heterocycles. The van der Waals surface area contributed by atoms with Gasteiger partial charge in [-0.25, -0.2) is 4.98 Å². The third-order valence-electron chi connectivity index (χ3n) is 6.14. The lowest BCUT2D eigenvalue weighted by Gasteiger charge is -2.37. The van der Waals surface area contributed by atoms with E-state index in [2.05, 4.69) is 94.2 Å². The van der Waals surface area contributed by atoms with Gasteiger partial charge in [0.2, 0.25) is 5.91 Å². The second kappa shape index (κ2) is 8.81. The summed E-state index contributed by atoms with van der Waals surface area (Å²) in [5, 5.41) is 6.23. The van der Waals surface area contributed by atoms with Gasteiger partial charge in [0.15, 0.2) is 0 Å². The summed E-state index contributed by atoms with van der Waals surface area (Å²) in [6, 6.07) is 31.3. The standard InChI is InChI=1S/C27H26N4O/c32-26-25(28-16-17-29-26)18-24-19-31(20-30-24)27(21-10-4-1-5-11-21,22-12-6-2-7-13-22)23-14-8-3-9-15-23/h1-15,19-20,25,28H,16-18H2,(H,29,32). The lowest BCUT2D eigenvalue weighted by Crippen LogP contribution is -2.53. The molecule has 32 heavy (non-hydrogen) atoms. The van der Waals surface area contributed by atoms with Crippen molar-refractivity contribution in [3.05, 3.63) is 126 Å². The third kappa shape index (κ3) is 3.61. The molecule has 0 radical (unpaired) electrons. The van der Waals surface area contributed by atoms with Crippen molar-refractivity contribution >= 4 is 5.91 Å². The molecule has 5 rings (SSSR count). The normalized spacial score (nSPS) is 16.5. The van der Waals surface area contributed by atoms with E-state index in [0.717, 1.165) is 28.9 Å². The van der Waals surface area contributed by atoms with Crippen molar-refractivity contribution in [1.82, 2.24) is 20.2 Å². The molecule has 5 heteroatoms. The maximum absolute atomic E-state index is 12.3. The van der Waals surface area contributed by atoms with Crippen LogP contribution in [0.1, 0.15) is 22.4 Å². The van der Waals surface area contributed by atoms with Gasteiger partial charge in [-0.15, -0.1) is 0 Å². The summed E-state index contributed by atoms with van der Waals surface area (Å²) in [6.45, 7) is 1.45. The highest BCUT2D eigenvalue weighted by atomic mass is 16.2. The number of imidazole rings is 1. The summed E-state index contributed by atoms with van der Waals surface area (Å²) in [5.41, 5.74) is 3.74. The fourth-order valence-electron chi connectivity index (χ4n) is 4.66. The zero-order valence-electron chi connectivity index (χ0n) is 17.8. The molecule has 1 unspecified atom stereocenters. The quantitative estimate of drug-likeness (QED) is 0.469. The molecule has 0 aliphatic carbocycles. The molecule has 4 aromatic rings. The van der Waals surface area contributed by atoms with E-state index in [-0.39, 0.29) is 11.9 Å². The molecule has 2 heterocycles. The average molecular weight is 423 g/mol. The van der Waals surface area contributed by atoms with Gasteiger partial charge >= 0.3 is 0 Å². The molecule has 160 valence electrons. The molecule has 1 atom stereocenters. The topological polar surface area (TPSA) is 59.0 Å². The van der Waals surface area contributed by atoms with E-state index in [4.69, 9.17) is 4.98 Å². The predicted octanol–water partition coefficient (Wildman–Crippen LogP) is 3.35. The van der Waals surface area contributed by atoms with Crippen LogP contribution in [0.2, 0.25) is 0 Å². The van der Waals surface area contributed by atoms with Crippen LogP contribution in [-0.2, 0) is 16.8 Å². The lowest BCUT2D eigenvalue weighted by atomic mass is 9.77. The Kier molecular flexibility index (Phi) is 5.57. The Bertz CT molecular complexity index is 1080. The van der Waals surface area contributed by atoms with Gasteiger partial charge in [0.25, 0.3) is 0 Å². The van der Waals surface area contributed by atoms with Crippen LogP contribution in [0.3, 0.4) is 0 Å². The van der Waals surface area contributed by atoms with Crippen molar-refractivity contribution in [2.24, 2.45) is 0 Å². The van der Waals surface area contributed by atoms with Crippen molar-refractivity contribution < 1.29 is 4.79 Å². The molecule has 1 aliphatic rings. The Morgan fingerprint density at radius 1 is 0.812 bits per heavy atom. The maximum atomic E-state index is 12.3. The predicted molar refractivity (Wildman–Crippen MR) is 125 cm³/mol. The molecule has 5 nitrogen and oxygen atoms in total. The monoisotopic (exact) mass is 422 g/mol. The van der Waals surface area contributed by atoms with Gasteiger partial charge in [-0.1, -0.05) is 91.0 Å². The van der Waals surface area contributed by atoms with Gasteiger partial charge in [0.05, 0.1) is 18.1 Å². The molecule has 0 spiro atoms. The third-order valence-corrected chi connectivity index (χ3v) is 6.14. The Morgan fingerprint density at radius 3 is 1.84 bits per heavy atom. The van der Waals surface area contributed by atoms with Gasteiger partial charge in [-0.05, 0) is 16.7 Å². The number of hydrogen-bond acceptors (Lipinski definition) is 3. The van der Waals surface area contributed by atoms with Gasteiger partial charge in [-0.2, -0.15) is 0 Å². The fraction of sp³-hybridized carbons (Fsp3) is 0.185. The first-order chi connectivity index (χ1) is 15.8.